The van der Waals surface area contributed by atoms with E-state index in [1.807, 2.05) is 0 Å². The predicted octanol–water partition coefficient (Wildman–Crippen LogP) is 1.55. The first-order valence-corrected chi connectivity index (χ1v) is 9.09. The van der Waals surface area contributed by atoms with Crippen LogP contribution in [0.3, 0.4) is 0 Å². The zero-order valence-electron chi connectivity index (χ0n) is 14.4. The highest BCUT2D eigenvalue weighted by molar-refractivity contribution is 7.89. The number of hydrogen-bond donors (Lipinski definition) is 2. The average molecular weight is 373 g/mol. The molecule has 140 valence electrons. The van der Waals surface area contributed by atoms with Gasteiger partial charge in [-0.3, -0.25) is 9.59 Å². The van der Waals surface area contributed by atoms with E-state index in [0.29, 0.717) is 5.75 Å². The highest BCUT2D eigenvalue weighted by Gasteiger charge is 2.26. The summed E-state index contributed by atoms with van der Waals surface area (Å²) in [6.07, 6.45) is 0.120. The number of carboxylic acids is 1. The van der Waals surface area contributed by atoms with E-state index in [0.717, 1.165) is 0 Å². The van der Waals surface area contributed by atoms with Gasteiger partial charge in [0.2, 0.25) is 10.0 Å². The fraction of sp³-hybridized carbons (Fsp3) is 0.500. The van der Waals surface area contributed by atoms with Gasteiger partial charge in [-0.2, -0.15) is 0 Å². The number of nitrogens with one attached hydrogen (secondary N) is 1. The standard InChI is InChI=1S/C16H23NO7S/c1-16(2,10-8-14(18)19)17-25(21,22)13-6-4-12(5-7-13)24-11-9-15(20)23-3/h4-7,17H,8-11H2,1-3H3,(H,18,19). The van der Waals surface area contributed by atoms with Gasteiger partial charge in [-0.15, -0.1) is 0 Å². The first-order valence-electron chi connectivity index (χ1n) is 7.61. The van der Waals surface area contributed by atoms with E-state index < -0.39 is 27.5 Å². The van der Waals surface area contributed by atoms with Gasteiger partial charge in [-0.25, -0.2) is 13.1 Å². The first kappa shape index (κ1) is 20.9. The third-order valence-corrected chi connectivity index (χ3v) is 5.03. The van der Waals surface area contributed by atoms with Gasteiger partial charge >= 0.3 is 11.9 Å². The normalized spacial score (nSPS) is 11.8. The highest BCUT2D eigenvalue weighted by Crippen LogP contribution is 2.20. The number of esters is 1. The van der Waals surface area contributed by atoms with Crippen molar-refractivity contribution in [3.8, 4) is 5.75 Å². The second-order valence-corrected chi connectivity index (χ2v) is 7.71. The lowest BCUT2D eigenvalue weighted by atomic mass is 10.0. The number of carbonyl (C=O) groups excluding carboxylic acids is 1. The predicted molar refractivity (Wildman–Crippen MR) is 89.8 cm³/mol. The van der Waals surface area contributed by atoms with E-state index in [1.54, 1.807) is 13.8 Å². The van der Waals surface area contributed by atoms with Gasteiger partial charge in [0, 0.05) is 12.0 Å². The SMILES string of the molecule is COC(=O)CCOc1ccc(S(=O)(=O)NC(C)(C)CCC(=O)O)cc1. The van der Waals surface area contributed by atoms with Crippen molar-refractivity contribution in [3.05, 3.63) is 24.3 Å². The van der Waals surface area contributed by atoms with Crippen LogP contribution in [0.25, 0.3) is 0 Å². The van der Waals surface area contributed by atoms with E-state index in [4.69, 9.17) is 9.84 Å². The van der Waals surface area contributed by atoms with Crippen LogP contribution < -0.4 is 9.46 Å². The lowest BCUT2D eigenvalue weighted by molar-refractivity contribution is -0.141. The zero-order valence-corrected chi connectivity index (χ0v) is 15.3. The molecular weight excluding hydrogens is 350 g/mol. The van der Waals surface area contributed by atoms with Crippen LogP contribution in [0.5, 0.6) is 5.75 Å². The largest absolute Gasteiger partial charge is 0.493 e. The van der Waals surface area contributed by atoms with Crippen molar-refractivity contribution in [1.82, 2.24) is 4.72 Å². The van der Waals surface area contributed by atoms with Crippen molar-refractivity contribution in [1.29, 1.82) is 0 Å². The molecule has 0 unspecified atom stereocenters. The molecule has 9 heteroatoms. The van der Waals surface area contributed by atoms with Gasteiger partial charge < -0.3 is 14.6 Å². The Morgan fingerprint density at radius 1 is 1.16 bits per heavy atom. The van der Waals surface area contributed by atoms with Gasteiger partial charge in [0.25, 0.3) is 0 Å². The molecule has 1 aromatic rings. The molecule has 0 aliphatic rings. The smallest absolute Gasteiger partial charge is 0.308 e. The number of aliphatic carboxylic acids is 1. The zero-order chi connectivity index (χ0) is 19.1. The van der Waals surface area contributed by atoms with Crippen LogP contribution in [0.1, 0.15) is 33.1 Å². The Bertz CT molecular complexity index is 696. The molecule has 0 heterocycles. The lowest BCUT2D eigenvalue weighted by Gasteiger charge is -2.25. The number of benzene rings is 1. The quantitative estimate of drug-likeness (QED) is 0.597. The van der Waals surface area contributed by atoms with E-state index in [9.17, 15) is 18.0 Å². The van der Waals surface area contributed by atoms with E-state index >= 15 is 0 Å². The minimum absolute atomic E-state index is 0.0382. The summed E-state index contributed by atoms with van der Waals surface area (Å²) in [4.78, 5) is 21.7. The van der Waals surface area contributed by atoms with E-state index in [-0.39, 0.29) is 30.8 Å². The van der Waals surface area contributed by atoms with E-state index in [2.05, 4.69) is 9.46 Å². The van der Waals surface area contributed by atoms with Crippen molar-refractivity contribution >= 4 is 22.0 Å². The molecule has 0 saturated heterocycles. The van der Waals surface area contributed by atoms with Crippen LogP contribution in [0.4, 0.5) is 0 Å². The Kier molecular flexibility index (Phi) is 7.38. The molecule has 0 aliphatic carbocycles. The Hall–Kier alpha value is -2.13. The van der Waals surface area contributed by atoms with Crippen LogP contribution in [0.2, 0.25) is 0 Å². The molecule has 0 atom stereocenters. The van der Waals surface area contributed by atoms with Crippen molar-refractivity contribution in [2.24, 2.45) is 0 Å². The van der Waals surface area contributed by atoms with Gasteiger partial charge in [0.1, 0.15) is 5.75 Å². The van der Waals surface area contributed by atoms with Crippen LogP contribution in [0.15, 0.2) is 29.2 Å². The molecule has 25 heavy (non-hydrogen) atoms. The molecule has 8 nitrogen and oxygen atoms in total. The molecule has 0 radical (unpaired) electrons. The minimum Gasteiger partial charge on any atom is -0.493 e. The molecule has 1 aromatic carbocycles. The molecule has 0 saturated carbocycles. The number of ether oxygens (including phenoxy) is 2. The number of carboxylic acid groups (broad SMARTS) is 1. The summed E-state index contributed by atoms with van der Waals surface area (Å²) in [5.74, 6) is -0.958. The van der Waals surface area contributed by atoms with Crippen LogP contribution in [-0.2, 0) is 24.3 Å². The molecule has 0 amide bonds. The van der Waals surface area contributed by atoms with Gasteiger partial charge in [0.05, 0.1) is 25.0 Å². The second-order valence-electron chi connectivity index (χ2n) is 6.03. The lowest BCUT2D eigenvalue weighted by Crippen LogP contribution is -2.43. The Morgan fingerprint density at radius 3 is 2.28 bits per heavy atom. The third-order valence-electron chi connectivity index (χ3n) is 3.31. The van der Waals surface area contributed by atoms with Crippen molar-refractivity contribution < 1.29 is 32.6 Å². The maximum Gasteiger partial charge on any atom is 0.308 e. The summed E-state index contributed by atoms with van der Waals surface area (Å²) in [6.45, 7) is 3.37. The van der Waals surface area contributed by atoms with Gasteiger partial charge in [-0.1, -0.05) is 0 Å². The molecule has 0 spiro atoms. The second kappa shape index (κ2) is 8.82. The van der Waals surface area contributed by atoms with Crippen molar-refractivity contribution in [3.63, 3.8) is 0 Å². The third kappa shape index (κ3) is 7.53. The Labute approximate surface area is 147 Å². The average Bonchev–Trinajstić information content (AvgIpc) is 2.52. The molecular formula is C16H23NO7S. The van der Waals surface area contributed by atoms with Crippen LogP contribution in [0, 0.1) is 0 Å². The maximum atomic E-state index is 12.4. The molecule has 0 fully saturated rings. The summed E-state index contributed by atoms with van der Waals surface area (Å²) in [7, 11) is -2.51. The van der Waals surface area contributed by atoms with Gasteiger partial charge in [-0.05, 0) is 44.5 Å². The molecule has 0 aliphatic heterocycles. The monoisotopic (exact) mass is 373 g/mol. The minimum atomic E-state index is -3.79. The Balaban J connectivity index is 2.69. The highest BCUT2D eigenvalue weighted by atomic mass is 32.2. The topological polar surface area (TPSA) is 119 Å². The number of sulfonamides is 1. The van der Waals surface area contributed by atoms with Crippen LogP contribution in [-0.4, -0.2) is 44.7 Å². The molecule has 0 aromatic heterocycles. The number of methoxy groups -OCH3 is 1. The molecule has 0 bridgehead atoms. The summed E-state index contributed by atoms with van der Waals surface area (Å²) < 4.78 is 37.1. The Morgan fingerprint density at radius 2 is 1.76 bits per heavy atom. The fourth-order valence-electron chi connectivity index (χ4n) is 1.96. The number of carbonyl (C=O) groups is 2. The summed E-state index contributed by atoms with van der Waals surface area (Å²) >= 11 is 0. The number of rotatable bonds is 10. The number of hydrogen-bond acceptors (Lipinski definition) is 6. The maximum absolute atomic E-state index is 12.4. The van der Waals surface area contributed by atoms with E-state index in [1.165, 1.54) is 31.4 Å². The fourth-order valence-corrected chi connectivity index (χ4v) is 3.40. The molecule has 1 rings (SSSR count). The van der Waals surface area contributed by atoms with Gasteiger partial charge in [0.15, 0.2) is 0 Å². The van der Waals surface area contributed by atoms with Crippen molar-refractivity contribution in [2.75, 3.05) is 13.7 Å². The summed E-state index contributed by atoms with van der Waals surface area (Å²) in [5.41, 5.74) is -0.896. The summed E-state index contributed by atoms with van der Waals surface area (Å²) in [6, 6.07) is 5.72. The van der Waals surface area contributed by atoms with Crippen molar-refractivity contribution in [2.45, 2.75) is 43.5 Å². The summed E-state index contributed by atoms with van der Waals surface area (Å²) in [5, 5.41) is 8.72. The van der Waals surface area contributed by atoms with Crippen LogP contribution >= 0.6 is 0 Å². The first-order chi connectivity index (χ1) is 11.6. The molecule has 2 N–H and O–H groups in total.